The van der Waals surface area contributed by atoms with Crippen LogP contribution >= 0.6 is 0 Å². The smallest absolute Gasteiger partial charge is 0.420 e. The Hall–Kier alpha value is -2.11. The highest BCUT2D eigenvalue weighted by Gasteiger charge is 2.27. The predicted octanol–water partition coefficient (Wildman–Crippen LogP) is 2.59. The Morgan fingerprint density at radius 2 is 1.79 bits per heavy atom. The summed E-state index contributed by atoms with van der Waals surface area (Å²) in [5.41, 5.74) is 0.0768. The lowest BCUT2D eigenvalue weighted by Gasteiger charge is -2.25. The van der Waals surface area contributed by atoms with Crippen LogP contribution in [0.2, 0.25) is 0 Å². The molecule has 104 valence electrons. The van der Waals surface area contributed by atoms with Crippen molar-refractivity contribution in [2.24, 2.45) is 0 Å². The number of aromatic nitrogens is 1. The standard InChI is InChI=1S/C13H18N2O4/c1-13(2,3)19-12(17)15(11(16)18-4)9-10-5-7-14-8-6-10/h5-8H,9H2,1-4H3. The van der Waals surface area contributed by atoms with E-state index in [0.717, 1.165) is 10.5 Å². The Balaban J connectivity index is 2.84. The van der Waals surface area contributed by atoms with Gasteiger partial charge in [-0.05, 0) is 38.5 Å². The van der Waals surface area contributed by atoms with Crippen LogP contribution in [0.25, 0.3) is 0 Å². The number of rotatable bonds is 2. The number of amides is 2. The van der Waals surface area contributed by atoms with E-state index in [2.05, 4.69) is 9.72 Å². The zero-order valence-corrected chi connectivity index (χ0v) is 11.5. The van der Waals surface area contributed by atoms with Gasteiger partial charge in [0.1, 0.15) is 5.60 Å². The molecule has 0 N–H and O–H groups in total. The lowest BCUT2D eigenvalue weighted by Crippen LogP contribution is -2.40. The summed E-state index contributed by atoms with van der Waals surface area (Å²) >= 11 is 0. The molecule has 0 radical (unpaired) electrons. The maximum Gasteiger partial charge on any atom is 0.420 e. The van der Waals surface area contributed by atoms with Crippen molar-refractivity contribution in [3.8, 4) is 0 Å². The maximum atomic E-state index is 12.0. The number of methoxy groups -OCH3 is 1. The minimum absolute atomic E-state index is 0.0735. The first-order chi connectivity index (χ1) is 8.83. The lowest BCUT2D eigenvalue weighted by molar-refractivity contribution is 0.0231. The van der Waals surface area contributed by atoms with Crippen LogP contribution in [0.3, 0.4) is 0 Å². The van der Waals surface area contributed by atoms with Gasteiger partial charge in [-0.1, -0.05) is 0 Å². The molecule has 1 rings (SSSR count). The number of ether oxygens (including phenoxy) is 2. The van der Waals surface area contributed by atoms with Crippen LogP contribution in [-0.4, -0.2) is 34.8 Å². The Morgan fingerprint density at radius 1 is 1.21 bits per heavy atom. The molecular formula is C13H18N2O4. The SMILES string of the molecule is COC(=O)N(Cc1ccncc1)C(=O)OC(C)(C)C. The van der Waals surface area contributed by atoms with Gasteiger partial charge >= 0.3 is 12.2 Å². The third kappa shape index (κ3) is 4.95. The van der Waals surface area contributed by atoms with Crippen molar-refractivity contribution in [2.75, 3.05) is 7.11 Å². The summed E-state index contributed by atoms with van der Waals surface area (Å²) in [6.07, 6.45) is 1.67. The van der Waals surface area contributed by atoms with Gasteiger partial charge < -0.3 is 9.47 Å². The molecule has 0 aromatic carbocycles. The molecule has 0 saturated carbocycles. The third-order valence-electron chi connectivity index (χ3n) is 2.10. The van der Waals surface area contributed by atoms with Crippen molar-refractivity contribution in [2.45, 2.75) is 32.9 Å². The van der Waals surface area contributed by atoms with E-state index in [0.29, 0.717) is 0 Å². The van der Waals surface area contributed by atoms with Gasteiger partial charge in [-0.3, -0.25) is 4.98 Å². The average Bonchev–Trinajstić information content (AvgIpc) is 2.34. The average molecular weight is 266 g/mol. The maximum absolute atomic E-state index is 12.0. The van der Waals surface area contributed by atoms with Gasteiger partial charge in [0.15, 0.2) is 0 Å². The van der Waals surface area contributed by atoms with Crippen LogP contribution < -0.4 is 0 Å². The van der Waals surface area contributed by atoms with Gasteiger partial charge in [0.25, 0.3) is 0 Å². The largest absolute Gasteiger partial charge is 0.452 e. The Kier molecular flexibility index (Phi) is 4.86. The highest BCUT2D eigenvalue weighted by Crippen LogP contribution is 2.13. The first-order valence-corrected chi connectivity index (χ1v) is 5.81. The van der Waals surface area contributed by atoms with E-state index in [4.69, 9.17) is 4.74 Å². The Morgan fingerprint density at radius 3 is 2.26 bits per heavy atom. The number of pyridine rings is 1. The summed E-state index contributed by atoms with van der Waals surface area (Å²) in [7, 11) is 1.21. The van der Waals surface area contributed by atoms with Gasteiger partial charge in [-0.2, -0.15) is 0 Å². The molecule has 1 heterocycles. The molecule has 2 amide bonds. The van der Waals surface area contributed by atoms with Crippen LogP contribution in [0.4, 0.5) is 9.59 Å². The zero-order chi connectivity index (χ0) is 14.5. The molecule has 0 aliphatic rings. The van der Waals surface area contributed by atoms with Gasteiger partial charge in [0, 0.05) is 12.4 Å². The molecule has 0 fully saturated rings. The molecule has 6 nitrogen and oxygen atoms in total. The van der Waals surface area contributed by atoms with Crippen LogP contribution in [0.15, 0.2) is 24.5 Å². The molecule has 6 heteroatoms. The highest BCUT2D eigenvalue weighted by atomic mass is 16.6. The van der Waals surface area contributed by atoms with E-state index in [9.17, 15) is 9.59 Å². The number of carbonyl (C=O) groups excluding carboxylic acids is 2. The van der Waals surface area contributed by atoms with Crippen LogP contribution in [0.1, 0.15) is 26.3 Å². The van der Waals surface area contributed by atoms with E-state index in [1.54, 1.807) is 45.3 Å². The number of hydrogen-bond donors (Lipinski definition) is 0. The van der Waals surface area contributed by atoms with Crippen molar-refractivity contribution in [1.82, 2.24) is 9.88 Å². The molecule has 1 aromatic heterocycles. The first kappa shape index (κ1) is 14.9. The quantitative estimate of drug-likeness (QED) is 0.823. The van der Waals surface area contributed by atoms with Gasteiger partial charge in [-0.15, -0.1) is 0 Å². The zero-order valence-electron chi connectivity index (χ0n) is 11.5. The second-order valence-corrected chi connectivity index (χ2v) is 4.89. The van der Waals surface area contributed by atoms with Gasteiger partial charge in [-0.25, -0.2) is 14.5 Å². The Bertz CT molecular complexity index is 440. The molecule has 1 aromatic rings. The van der Waals surface area contributed by atoms with E-state index in [-0.39, 0.29) is 6.54 Å². The summed E-state index contributed by atoms with van der Waals surface area (Å²) in [6, 6.07) is 3.42. The summed E-state index contributed by atoms with van der Waals surface area (Å²) in [5, 5.41) is 0. The topological polar surface area (TPSA) is 68.7 Å². The third-order valence-corrected chi connectivity index (χ3v) is 2.10. The van der Waals surface area contributed by atoms with E-state index >= 15 is 0 Å². The molecule has 0 bridgehead atoms. The number of nitrogens with zero attached hydrogens (tertiary/aromatic N) is 2. The van der Waals surface area contributed by atoms with Crippen molar-refractivity contribution in [3.05, 3.63) is 30.1 Å². The van der Waals surface area contributed by atoms with E-state index in [1.807, 2.05) is 0 Å². The minimum Gasteiger partial charge on any atom is -0.452 e. The summed E-state index contributed by atoms with van der Waals surface area (Å²) < 4.78 is 9.76. The molecule has 0 aliphatic heterocycles. The molecule has 0 unspecified atom stereocenters. The van der Waals surface area contributed by atoms with Crippen molar-refractivity contribution < 1.29 is 19.1 Å². The van der Waals surface area contributed by atoms with Crippen molar-refractivity contribution in [3.63, 3.8) is 0 Å². The number of hydrogen-bond acceptors (Lipinski definition) is 5. The van der Waals surface area contributed by atoms with Crippen molar-refractivity contribution >= 4 is 12.2 Å². The van der Waals surface area contributed by atoms with Gasteiger partial charge in [0.2, 0.25) is 0 Å². The van der Waals surface area contributed by atoms with Crippen LogP contribution in [-0.2, 0) is 16.0 Å². The highest BCUT2D eigenvalue weighted by molar-refractivity contribution is 5.87. The van der Waals surface area contributed by atoms with Gasteiger partial charge in [0.05, 0.1) is 13.7 Å². The minimum atomic E-state index is -0.758. The number of carbonyl (C=O) groups is 2. The monoisotopic (exact) mass is 266 g/mol. The van der Waals surface area contributed by atoms with Crippen LogP contribution in [0.5, 0.6) is 0 Å². The summed E-state index contributed by atoms with van der Waals surface area (Å²) in [5.74, 6) is 0. The predicted molar refractivity (Wildman–Crippen MR) is 68.4 cm³/mol. The number of imide groups is 1. The summed E-state index contributed by atoms with van der Waals surface area (Å²) in [4.78, 5) is 28.4. The first-order valence-electron chi connectivity index (χ1n) is 5.81. The lowest BCUT2D eigenvalue weighted by atomic mass is 10.2. The fraction of sp³-hybridized carbons (Fsp3) is 0.462. The molecular weight excluding hydrogens is 248 g/mol. The fourth-order valence-corrected chi connectivity index (χ4v) is 1.30. The second-order valence-electron chi connectivity index (χ2n) is 4.89. The summed E-state index contributed by atoms with van der Waals surface area (Å²) in [6.45, 7) is 5.26. The van der Waals surface area contributed by atoms with E-state index < -0.39 is 17.8 Å². The molecule has 19 heavy (non-hydrogen) atoms. The molecule has 0 saturated heterocycles. The molecule has 0 spiro atoms. The molecule has 0 aliphatic carbocycles. The molecule has 0 atom stereocenters. The van der Waals surface area contributed by atoms with Crippen LogP contribution in [0, 0.1) is 0 Å². The van der Waals surface area contributed by atoms with Crippen molar-refractivity contribution in [1.29, 1.82) is 0 Å². The second kappa shape index (κ2) is 6.17. The fourth-order valence-electron chi connectivity index (χ4n) is 1.30. The van der Waals surface area contributed by atoms with E-state index in [1.165, 1.54) is 7.11 Å². The Labute approximate surface area is 112 Å². The normalized spacial score (nSPS) is 10.7.